The molecule has 35 heavy (non-hydrogen) atoms. The Hall–Kier alpha value is -2.85. The molecule has 3 heterocycles. The molecule has 1 saturated heterocycles. The number of hydrogen-bond acceptors (Lipinski definition) is 6. The molecule has 1 aromatic carbocycles. The van der Waals surface area contributed by atoms with Crippen molar-refractivity contribution >= 4 is 31.8 Å². The van der Waals surface area contributed by atoms with Crippen LogP contribution in [0.2, 0.25) is 0 Å². The highest BCUT2D eigenvalue weighted by Gasteiger charge is 2.39. The van der Waals surface area contributed by atoms with Crippen LogP contribution in [0.4, 0.5) is 5.82 Å². The van der Waals surface area contributed by atoms with Gasteiger partial charge in [-0.15, -0.1) is 0 Å². The van der Waals surface area contributed by atoms with Crippen molar-refractivity contribution in [1.82, 2.24) is 19.5 Å². The lowest BCUT2D eigenvalue weighted by atomic mass is 9.97. The minimum atomic E-state index is -4.02. The average Bonchev–Trinajstić information content (AvgIpc) is 3.37. The minimum absolute atomic E-state index is 0.0309. The molecule has 3 aromatic rings. The van der Waals surface area contributed by atoms with Crippen molar-refractivity contribution in [3.63, 3.8) is 0 Å². The molecule has 1 fully saturated rings. The third-order valence-electron chi connectivity index (χ3n) is 6.14. The monoisotopic (exact) mass is 515 g/mol. The van der Waals surface area contributed by atoms with Crippen molar-refractivity contribution in [1.29, 1.82) is 0 Å². The first-order valence-electron chi connectivity index (χ1n) is 11.4. The van der Waals surface area contributed by atoms with E-state index in [4.69, 9.17) is 10.1 Å². The standard InChI is InChI=1S/C25H33N5O3S2/c1-18-16-25(2,3)29(17-18)23-20(24(31)28-35(32,33)19-10-8-7-9-11-19)12-13-21(26-23)30-15-14-22(27-30)34(4,5)6/h7-15,18H,16-17H2,1-6H3,(H,28,31)/t18-/m0/s1. The van der Waals surface area contributed by atoms with E-state index >= 15 is 0 Å². The number of nitrogens with zero attached hydrogens (tertiary/aromatic N) is 4. The Morgan fingerprint density at radius 2 is 1.74 bits per heavy atom. The summed E-state index contributed by atoms with van der Waals surface area (Å²) in [6.07, 6.45) is 9.33. The summed E-state index contributed by atoms with van der Waals surface area (Å²) >= 11 is 0. The molecule has 0 unspecified atom stereocenters. The molecule has 0 radical (unpaired) electrons. The second-order valence-electron chi connectivity index (χ2n) is 10.5. The van der Waals surface area contributed by atoms with Crippen molar-refractivity contribution in [2.45, 2.75) is 42.7 Å². The second-order valence-corrected chi connectivity index (χ2v) is 16.2. The van der Waals surface area contributed by atoms with E-state index < -0.39 is 26.0 Å². The lowest BCUT2D eigenvalue weighted by Crippen LogP contribution is -2.41. The summed E-state index contributed by atoms with van der Waals surface area (Å²) in [7, 11) is -5.03. The first-order chi connectivity index (χ1) is 16.3. The summed E-state index contributed by atoms with van der Waals surface area (Å²) in [5.41, 5.74) is -0.0345. The smallest absolute Gasteiger partial charge is 0.268 e. The maximum Gasteiger partial charge on any atom is 0.268 e. The van der Waals surface area contributed by atoms with Gasteiger partial charge >= 0.3 is 0 Å². The largest absolute Gasteiger partial charge is 0.350 e. The third kappa shape index (κ3) is 5.23. The number of carbonyl (C=O) groups is 1. The molecule has 1 amide bonds. The molecule has 0 spiro atoms. The number of benzene rings is 1. The fourth-order valence-corrected chi connectivity index (χ4v) is 6.29. The van der Waals surface area contributed by atoms with E-state index in [1.54, 1.807) is 35.0 Å². The Morgan fingerprint density at radius 1 is 1.06 bits per heavy atom. The van der Waals surface area contributed by atoms with Gasteiger partial charge in [-0.25, -0.2) is 32.8 Å². The zero-order valence-corrected chi connectivity index (χ0v) is 22.7. The molecule has 0 bridgehead atoms. The highest BCUT2D eigenvalue weighted by molar-refractivity contribution is 8.32. The van der Waals surface area contributed by atoms with Gasteiger partial charge in [-0.05, 0) is 75.3 Å². The molecule has 0 aliphatic carbocycles. The molecule has 8 nitrogen and oxygen atoms in total. The number of hydrogen-bond donors (Lipinski definition) is 1. The number of sulfonamides is 1. The molecule has 4 rings (SSSR count). The highest BCUT2D eigenvalue weighted by atomic mass is 32.3. The van der Waals surface area contributed by atoms with Gasteiger partial charge in [0.1, 0.15) is 10.8 Å². The Morgan fingerprint density at radius 3 is 2.31 bits per heavy atom. The quantitative estimate of drug-likeness (QED) is 0.532. The average molecular weight is 516 g/mol. The number of carbonyl (C=O) groups excluding carboxylic acids is 1. The van der Waals surface area contributed by atoms with Gasteiger partial charge in [0.25, 0.3) is 15.9 Å². The van der Waals surface area contributed by atoms with Gasteiger partial charge in [-0.1, -0.05) is 25.1 Å². The summed E-state index contributed by atoms with van der Waals surface area (Å²) in [6.45, 7) is 7.10. The van der Waals surface area contributed by atoms with Crippen LogP contribution in [0.5, 0.6) is 0 Å². The zero-order chi connectivity index (χ0) is 25.6. The van der Waals surface area contributed by atoms with Crippen molar-refractivity contribution in [3.8, 4) is 5.82 Å². The molecule has 1 aliphatic rings. The van der Waals surface area contributed by atoms with Crippen LogP contribution in [0.1, 0.15) is 37.6 Å². The molecule has 2 aromatic heterocycles. The summed E-state index contributed by atoms with van der Waals surface area (Å²) in [5, 5.41) is 5.73. The fourth-order valence-electron chi connectivity index (χ4n) is 4.51. The van der Waals surface area contributed by atoms with Gasteiger partial charge in [0.2, 0.25) is 0 Å². The van der Waals surface area contributed by atoms with E-state index in [1.165, 1.54) is 12.1 Å². The summed E-state index contributed by atoms with van der Waals surface area (Å²) in [6, 6.07) is 13.2. The molecule has 10 heteroatoms. The normalized spacial score (nSPS) is 18.5. The van der Waals surface area contributed by atoms with Crippen LogP contribution in [0.3, 0.4) is 0 Å². The van der Waals surface area contributed by atoms with Crippen molar-refractivity contribution < 1.29 is 13.2 Å². The maximum absolute atomic E-state index is 13.3. The van der Waals surface area contributed by atoms with Gasteiger partial charge in [-0.3, -0.25) is 4.79 Å². The second kappa shape index (κ2) is 8.98. The predicted octanol–water partition coefficient (Wildman–Crippen LogP) is 4.06. The van der Waals surface area contributed by atoms with Crippen LogP contribution in [0, 0.1) is 5.92 Å². The highest BCUT2D eigenvalue weighted by Crippen LogP contribution is 2.44. The molecule has 1 aliphatic heterocycles. The summed E-state index contributed by atoms with van der Waals surface area (Å²) in [4.78, 5) is 20.3. The minimum Gasteiger partial charge on any atom is -0.350 e. The van der Waals surface area contributed by atoms with Crippen LogP contribution in [-0.4, -0.2) is 59.9 Å². The molecule has 1 N–H and O–H groups in total. The van der Waals surface area contributed by atoms with E-state index in [0.29, 0.717) is 24.1 Å². The van der Waals surface area contributed by atoms with Gasteiger partial charge in [0.05, 0.1) is 10.5 Å². The zero-order valence-electron chi connectivity index (χ0n) is 21.0. The maximum atomic E-state index is 13.3. The summed E-state index contributed by atoms with van der Waals surface area (Å²) in [5.74, 6) is 0.726. The third-order valence-corrected chi connectivity index (χ3v) is 8.96. The van der Waals surface area contributed by atoms with E-state index in [2.05, 4.69) is 49.2 Å². The molecule has 1 atom stereocenters. The van der Waals surface area contributed by atoms with Crippen molar-refractivity contribution in [3.05, 3.63) is 60.3 Å². The van der Waals surface area contributed by atoms with Crippen LogP contribution >= 0.6 is 10.0 Å². The van der Waals surface area contributed by atoms with Crippen molar-refractivity contribution in [2.75, 3.05) is 30.2 Å². The fraction of sp³-hybridized carbons (Fsp3) is 0.400. The predicted molar refractivity (Wildman–Crippen MR) is 141 cm³/mol. The number of nitrogens with one attached hydrogen (secondary N) is 1. The van der Waals surface area contributed by atoms with E-state index in [-0.39, 0.29) is 16.0 Å². The topological polar surface area (TPSA) is 97.2 Å². The molecular formula is C25H33N5O3S2. The Labute approximate surface area is 209 Å². The van der Waals surface area contributed by atoms with E-state index in [9.17, 15) is 13.2 Å². The molecule has 0 saturated carbocycles. The van der Waals surface area contributed by atoms with Crippen LogP contribution in [0.15, 0.2) is 64.6 Å². The van der Waals surface area contributed by atoms with E-state index in [1.807, 2.05) is 12.3 Å². The number of aromatic nitrogens is 3. The number of rotatable bonds is 6. The molecular weight excluding hydrogens is 482 g/mol. The van der Waals surface area contributed by atoms with Gasteiger partial charge in [0.15, 0.2) is 5.82 Å². The van der Waals surface area contributed by atoms with Gasteiger partial charge < -0.3 is 4.90 Å². The van der Waals surface area contributed by atoms with Crippen LogP contribution in [0.25, 0.3) is 5.82 Å². The van der Waals surface area contributed by atoms with Gasteiger partial charge in [0, 0.05) is 18.3 Å². The number of amides is 1. The first kappa shape index (κ1) is 25.2. The summed E-state index contributed by atoms with van der Waals surface area (Å²) < 4.78 is 29.6. The number of anilines is 1. The SMILES string of the molecule is C[C@@H]1CN(c2nc(-n3ccc(S(C)(C)C)n3)ccc2C(=O)NS(=O)(=O)c2ccccc2)C(C)(C)C1. The van der Waals surface area contributed by atoms with Crippen LogP contribution < -0.4 is 9.62 Å². The van der Waals surface area contributed by atoms with Gasteiger partial charge in [-0.2, -0.15) is 5.10 Å². The Balaban J connectivity index is 1.77. The Bertz CT molecular complexity index is 1340. The van der Waals surface area contributed by atoms with Crippen molar-refractivity contribution in [2.24, 2.45) is 5.92 Å². The lowest BCUT2D eigenvalue weighted by molar-refractivity contribution is 0.0981. The first-order valence-corrected chi connectivity index (χ1v) is 15.8. The Kier molecular flexibility index (Phi) is 6.48. The lowest BCUT2D eigenvalue weighted by Gasteiger charge is -2.34. The number of pyridine rings is 1. The van der Waals surface area contributed by atoms with E-state index in [0.717, 1.165) is 11.4 Å². The van der Waals surface area contributed by atoms with Crippen LogP contribution in [-0.2, 0) is 10.0 Å². The molecule has 188 valence electrons.